The average molecular weight is 1200 g/mol. The number of phenols is 3. The fourth-order valence-electron chi connectivity index (χ4n) is 11.3. The van der Waals surface area contributed by atoms with Crippen LogP contribution in [0.3, 0.4) is 0 Å². The molecule has 458 valence electrons. The van der Waals surface area contributed by atoms with Crippen LogP contribution in [0.4, 0.5) is 0 Å². The molecule has 0 radical (unpaired) electrons. The second-order valence-electron chi connectivity index (χ2n) is 21.9. The van der Waals surface area contributed by atoms with Gasteiger partial charge in [0.1, 0.15) is 17.3 Å². The first-order valence-corrected chi connectivity index (χ1v) is 28.8. The lowest BCUT2D eigenvalue weighted by Crippen LogP contribution is -2.49. The Morgan fingerprint density at radius 2 is 1.25 bits per heavy atom. The molecule has 4 heterocycles. The molecule has 3 aliphatic rings. The molecule has 1 saturated heterocycles. The molecule has 1 aliphatic carbocycles. The summed E-state index contributed by atoms with van der Waals surface area (Å²) < 4.78 is 37.2. The van der Waals surface area contributed by atoms with Crippen molar-refractivity contribution in [3.63, 3.8) is 0 Å². The normalized spacial score (nSPS) is 16.9. The number of para-hydroxylation sites is 3. The summed E-state index contributed by atoms with van der Waals surface area (Å²) in [5.74, 6) is -0.143. The van der Waals surface area contributed by atoms with E-state index in [4.69, 9.17) is 33.5 Å². The van der Waals surface area contributed by atoms with Crippen LogP contribution >= 0.6 is 0 Å². The zero-order chi connectivity index (χ0) is 62.6. The van der Waals surface area contributed by atoms with Crippen LogP contribution in [0.25, 0.3) is 33.3 Å². The number of nitrogens with zero attached hydrogens (tertiary/aromatic N) is 1. The molecule has 7 aromatic carbocycles. The Morgan fingerprint density at radius 3 is 1.84 bits per heavy atom. The molecule has 0 unspecified atom stereocenters. The highest BCUT2D eigenvalue weighted by molar-refractivity contribution is 5.85. The van der Waals surface area contributed by atoms with Crippen molar-refractivity contribution in [1.82, 2.24) is 25.6 Å². The highest BCUT2D eigenvalue weighted by atomic mass is 16.7. The van der Waals surface area contributed by atoms with Crippen molar-refractivity contribution in [1.29, 1.82) is 0 Å². The number of amides is 1. The fourth-order valence-corrected chi connectivity index (χ4v) is 11.3. The van der Waals surface area contributed by atoms with Gasteiger partial charge < -0.3 is 69.1 Å². The Bertz CT molecular complexity index is 3820. The lowest BCUT2D eigenvalue weighted by molar-refractivity contribution is -0.145. The van der Waals surface area contributed by atoms with Crippen LogP contribution in [0.2, 0.25) is 0 Å². The van der Waals surface area contributed by atoms with E-state index >= 15 is 0 Å². The number of nitrogens with one attached hydrogen (secondary N) is 4. The van der Waals surface area contributed by atoms with Crippen molar-refractivity contribution in [2.24, 2.45) is 23.7 Å². The first kappa shape index (κ1) is 62.5. The zero-order valence-corrected chi connectivity index (χ0v) is 50.3. The van der Waals surface area contributed by atoms with Gasteiger partial charge in [0.15, 0.2) is 23.0 Å². The van der Waals surface area contributed by atoms with E-state index in [2.05, 4.69) is 67.6 Å². The van der Waals surface area contributed by atoms with Crippen molar-refractivity contribution in [2.75, 3.05) is 48.9 Å². The van der Waals surface area contributed by atoms with Gasteiger partial charge in [-0.1, -0.05) is 98.3 Å². The van der Waals surface area contributed by atoms with Gasteiger partial charge in [-0.2, -0.15) is 0 Å². The third kappa shape index (κ3) is 14.4. The first-order chi connectivity index (χ1) is 42.5. The molecule has 12 rings (SSSR count). The van der Waals surface area contributed by atoms with E-state index in [0.717, 1.165) is 55.8 Å². The molecule has 7 atom stereocenters. The maximum Gasteiger partial charge on any atom is 0.310 e. The number of aryl methyl sites for hydroxylation is 1. The molecule has 19 nitrogen and oxygen atoms in total. The lowest BCUT2D eigenvalue weighted by Gasteiger charge is -2.40. The molecule has 1 fully saturated rings. The Hall–Kier alpha value is -10.0. The molecular formula is C69H73N5O14. The van der Waals surface area contributed by atoms with Gasteiger partial charge in [0.2, 0.25) is 18.4 Å². The highest BCUT2D eigenvalue weighted by Crippen LogP contribution is 2.55. The maximum absolute atomic E-state index is 13.7. The second-order valence-corrected chi connectivity index (χ2v) is 21.9. The van der Waals surface area contributed by atoms with Crippen molar-refractivity contribution < 1.29 is 67.7 Å². The second kappa shape index (κ2) is 28.5. The van der Waals surface area contributed by atoms with E-state index in [-0.39, 0.29) is 77.8 Å². The molecule has 0 spiro atoms. The summed E-state index contributed by atoms with van der Waals surface area (Å²) in [6.07, 6.45) is 3.69. The Balaban J connectivity index is 0.000000163. The predicted molar refractivity (Wildman–Crippen MR) is 332 cm³/mol. The quantitative estimate of drug-likeness (QED) is 0.0372. The Morgan fingerprint density at radius 1 is 0.682 bits per heavy atom. The molecule has 2 aliphatic heterocycles. The first-order valence-electron chi connectivity index (χ1n) is 28.8. The summed E-state index contributed by atoms with van der Waals surface area (Å²) >= 11 is 0. The third-order valence-electron chi connectivity index (χ3n) is 16.0. The number of benzene rings is 7. The molecule has 0 saturated carbocycles. The number of carbonyl (C=O) groups excluding carboxylic acids is 4. The summed E-state index contributed by atoms with van der Waals surface area (Å²) in [7, 11) is 7.41. The molecule has 88 heavy (non-hydrogen) atoms. The summed E-state index contributed by atoms with van der Waals surface area (Å²) in [6.45, 7) is 5.96. The molecule has 19 heteroatoms. The van der Waals surface area contributed by atoms with Crippen LogP contribution in [0.15, 0.2) is 152 Å². The predicted octanol–water partition coefficient (Wildman–Crippen LogP) is 10.6. The molecule has 0 bridgehead atoms. The van der Waals surface area contributed by atoms with E-state index in [1.165, 1.54) is 39.4 Å². The summed E-state index contributed by atoms with van der Waals surface area (Å²) in [5.41, 5.74) is 10.9. The van der Waals surface area contributed by atoms with Gasteiger partial charge in [0.05, 0.1) is 75.9 Å². The third-order valence-corrected chi connectivity index (χ3v) is 16.0. The smallest absolute Gasteiger partial charge is 0.310 e. The van der Waals surface area contributed by atoms with E-state index in [0.29, 0.717) is 36.3 Å². The van der Waals surface area contributed by atoms with Gasteiger partial charge in [-0.3, -0.25) is 19.2 Å². The monoisotopic (exact) mass is 1200 g/mol. The van der Waals surface area contributed by atoms with Gasteiger partial charge in [-0.15, -0.1) is 0 Å². The number of ether oxygens (including phenoxy) is 7. The van der Waals surface area contributed by atoms with Crippen molar-refractivity contribution in [2.45, 2.75) is 58.0 Å². The molecule has 7 N–H and O–H groups in total. The number of hydrogen-bond donors (Lipinski definition) is 7. The van der Waals surface area contributed by atoms with Gasteiger partial charge in [0, 0.05) is 34.5 Å². The number of likely N-dealkylation sites (N-methyl/N-ethyl adjacent to an activating group) is 1. The van der Waals surface area contributed by atoms with Crippen LogP contribution in [-0.2, 0) is 52.7 Å². The lowest BCUT2D eigenvalue weighted by atomic mass is 9.65. The van der Waals surface area contributed by atoms with E-state index in [1.54, 1.807) is 67.7 Å². The van der Waals surface area contributed by atoms with Gasteiger partial charge in [0.25, 0.3) is 0 Å². The summed E-state index contributed by atoms with van der Waals surface area (Å²) in [5, 5.41) is 36.7. The number of methoxy groups -OCH3 is 4. The van der Waals surface area contributed by atoms with Crippen molar-refractivity contribution in [3.8, 4) is 51.6 Å². The number of phenolic OH excluding ortho intramolecular Hbond substituents is 3. The number of H-pyrrole nitrogens is 2. The van der Waals surface area contributed by atoms with Gasteiger partial charge in [-0.05, 0) is 133 Å². The number of fused-ring (bicyclic) bond motifs is 5. The zero-order valence-electron chi connectivity index (χ0n) is 50.3. The minimum absolute atomic E-state index is 0.0597. The minimum Gasteiger partial charge on any atom is -0.508 e. The number of aromatic hydroxyl groups is 3. The number of hydrogen-bond acceptors (Lipinski definition) is 16. The van der Waals surface area contributed by atoms with E-state index in [1.807, 2.05) is 74.6 Å². The largest absolute Gasteiger partial charge is 0.508 e. The van der Waals surface area contributed by atoms with E-state index in [9.17, 15) is 29.4 Å². The number of rotatable bonds is 15. The van der Waals surface area contributed by atoms with Crippen molar-refractivity contribution in [3.05, 3.63) is 191 Å². The van der Waals surface area contributed by atoms with Gasteiger partial charge in [-0.25, -0.2) is 4.98 Å². The number of esters is 3. The van der Waals surface area contributed by atoms with Crippen LogP contribution in [0.1, 0.15) is 64.8 Å². The minimum atomic E-state index is -0.646. The standard InChI is InChI=1S/C31H32N2O9.C14H12N2.C13H15NO2.C11H14O3/c1-32-21(8-15-4-6-17(34)7-5-15)30(36)33-28-19-12-23-22(41-14-42-23)11-18(19)26(27-20(28)13-40-31(27)37)16-9-24(38-2)29(35)25(10-16)39-3;1-10-6-8-11(9-7-10)14-15-12-4-2-3-5-13(12)16-14;1-9(13(15)16-2)7-10-8-14-12-6-4-3-5-11(10)12;1-8(11(13)14-2)7-9-3-5-10(12)6-4-9/h4-7,9-12,20-21,26-28,32,34-35H,8,13-14H2,1-3H3,(H,33,36);2-9H,1H3,(H,15,16);3-6,8-9,14H,7H2,1-2H3;3-6,8,12H,7H2,1-2H3/t20-,21-,26+,27-,28+;;9-;8-/m0.11/s1. The molecule has 9 aromatic rings. The summed E-state index contributed by atoms with van der Waals surface area (Å²) in [6, 6.07) is 44.0. The van der Waals surface area contributed by atoms with Crippen LogP contribution in [0.5, 0.6) is 40.2 Å². The van der Waals surface area contributed by atoms with E-state index < -0.39 is 29.8 Å². The van der Waals surface area contributed by atoms with Crippen LogP contribution in [-0.4, -0.2) is 109 Å². The van der Waals surface area contributed by atoms with Crippen LogP contribution < -0.4 is 29.6 Å². The molecular weight excluding hydrogens is 1120 g/mol. The van der Waals surface area contributed by atoms with Gasteiger partial charge >= 0.3 is 17.9 Å². The average Bonchev–Trinajstić information content (AvgIpc) is 1.55. The Labute approximate surface area is 509 Å². The number of imidazole rings is 1. The topological polar surface area (TPSA) is 262 Å². The molecule has 1 amide bonds. The fraction of sp³-hybridized carbons (Fsp3) is 0.290. The maximum atomic E-state index is 13.7. The molecule has 2 aromatic heterocycles. The number of cyclic esters (lactones) is 1. The number of aromatic nitrogens is 3. The number of aromatic amines is 2. The van der Waals surface area contributed by atoms with Crippen molar-refractivity contribution >= 4 is 45.8 Å². The Kier molecular flexibility index (Phi) is 20.2. The highest BCUT2D eigenvalue weighted by Gasteiger charge is 2.53. The SMILES string of the molecule is CN[C@@H](Cc1ccc(O)cc1)C(=O)N[C@@H]1c2cc3c(cc2[C@@H](c2cc(OC)c(O)c(OC)c2)[C@H]2C(=O)OC[C@@H]21)OCO3.COC(=O)[C@H](C)Cc1c[nH]c2ccccc12.COC(=O)[C@H](C)Cc1ccc(O)cc1.Cc1ccc(-c2nc3ccccc3[nH]2)cc1. The number of carbonyl (C=O) groups is 4. The van der Waals surface area contributed by atoms with Crippen LogP contribution in [0, 0.1) is 30.6 Å². The summed E-state index contributed by atoms with van der Waals surface area (Å²) in [4.78, 5) is 60.6.